The van der Waals surface area contributed by atoms with Gasteiger partial charge < -0.3 is 10.6 Å². The Morgan fingerprint density at radius 1 is 0.443 bits per heavy atom. The van der Waals surface area contributed by atoms with Crippen molar-refractivity contribution in [3.8, 4) is 23.4 Å². The van der Waals surface area contributed by atoms with E-state index in [9.17, 15) is 0 Å². The van der Waals surface area contributed by atoms with Crippen molar-refractivity contribution in [1.82, 2.24) is 10.6 Å². The minimum atomic E-state index is -1.26. The Morgan fingerprint density at radius 2 is 0.684 bits per heavy atom. The molecule has 0 heterocycles. The zero-order chi connectivity index (χ0) is 57.1. The van der Waals surface area contributed by atoms with Gasteiger partial charge in [0.15, 0.2) is 0 Å². The summed E-state index contributed by atoms with van der Waals surface area (Å²) in [5.74, 6) is 3.30. The molecule has 8 aromatic rings. The second kappa shape index (κ2) is 39.1. The average molecular weight is 1380 g/mol. The summed E-state index contributed by atoms with van der Waals surface area (Å²) in [6, 6.07) is 83.4. The van der Waals surface area contributed by atoms with Crippen LogP contribution in [-0.2, 0) is 15.9 Å². The SMILES string of the molecule is C#C[Si](C)(C)C.CC(NC1CC1)c1ccc(C#C[Si](C)(C)C)cc1.CC(NC1CC1)c1ccc(I)cc1.[Cl][Pd][Cl].c1ccc(Pc2ccccc2)cc1.c1ccc(Pc2ccccc2)cc1.c1ccc(Pc2ccccc2)cc1. The summed E-state index contributed by atoms with van der Waals surface area (Å²) in [6.45, 7) is 17.7. The molecule has 2 N–H and O–H groups in total. The quantitative estimate of drug-likeness (QED) is 0.0551. The average Bonchev–Trinajstić information content (AvgIpc) is 4.42. The summed E-state index contributed by atoms with van der Waals surface area (Å²) in [4.78, 5) is 0. The smallest absolute Gasteiger partial charge is 0.0226 e. The fourth-order valence-electron chi connectivity index (χ4n) is 6.89. The van der Waals surface area contributed by atoms with Crippen LogP contribution in [0.2, 0.25) is 39.3 Å². The van der Waals surface area contributed by atoms with E-state index in [1.807, 2.05) is 0 Å². The van der Waals surface area contributed by atoms with Gasteiger partial charge in [0.05, 0.1) is 0 Å². The van der Waals surface area contributed by atoms with E-state index in [0.717, 1.165) is 43.4 Å². The standard InChI is InChI=1S/C16H23NSi.3C12H11P.C11H14IN.C5H10Si.2ClH.Pd/c1-13(17-16-9-10-16)15-7-5-14(6-8-15)11-12-18(2,3)4;3*1-3-7-11(8-4-1)13-12-9-5-2-6-10-12;1-8(13-11-6-7-11)9-2-4-10(12)5-3-9;1-5-6(2,3)4;;;/h5-8,13,16-17H,9-10H2,1-4H3;3*1-10,13H;2-5,8,11,13H,6-7H2,1H3;1H,2-4H3;2*1H;/q;;;;;;;;+2/p-2. The Morgan fingerprint density at radius 3 is 0.899 bits per heavy atom. The number of rotatable bonds is 12. The maximum Gasteiger partial charge on any atom is -0.0226 e. The first-order valence-corrected chi connectivity index (χ1v) is 41.9. The molecule has 0 radical (unpaired) electrons. The van der Waals surface area contributed by atoms with Crippen LogP contribution < -0.4 is 42.5 Å². The summed E-state index contributed by atoms with van der Waals surface area (Å²) in [7, 11) is 9.59. The van der Waals surface area contributed by atoms with Gasteiger partial charge in [-0.3, -0.25) is 0 Å². The molecule has 0 aliphatic heterocycles. The molecule has 0 saturated heterocycles. The van der Waals surface area contributed by atoms with Crippen LogP contribution in [-0.4, -0.2) is 28.2 Å². The number of benzene rings is 8. The van der Waals surface area contributed by atoms with Crippen molar-refractivity contribution in [2.75, 3.05) is 0 Å². The van der Waals surface area contributed by atoms with Crippen molar-refractivity contribution in [2.24, 2.45) is 0 Å². The monoisotopic (exact) mass is 1380 g/mol. The first kappa shape index (κ1) is 68.0. The van der Waals surface area contributed by atoms with Crippen molar-refractivity contribution in [1.29, 1.82) is 0 Å². The Kier molecular flexibility index (Phi) is 33.6. The Balaban J connectivity index is 0.000000206. The molecule has 10 rings (SSSR count). The maximum absolute atomic E-state index is 5.12. The van der Waals surface area contributed by atoms with E-state index >= 15 is 0 Å². The fraction of sp³-hybridized carbons (Fsp3) is 0.235. The Hall–Kier alpha value is -3.50. The van der Waals surface area contributed by atoms with Gasteiger partial charge in [-0.05, 0) is 129 Å². The van der Waals surface area contributed by atoms with Crippen LogP contribution >= 0.6 is 67.4 Å². The van der Waals surface area contributed by atoms with Crippen LogP contribution in [0.15, 0.2) is 231 Å². The molecule has 2 aliphatic rings. The Labute approximate surface area is 514 Å². The molecular weight excluding hydrogens is 1300 g/mol. The Bertz CT molecular complexity index is 2640. The van der Waals surface area contributed by atoms with Crippen molar-refractivity contribution < 1.29 is 15.9 Å². The van der Waals surface area contributed by atoms with E-state index < -0.39 is 16.1 Å². The van der Waals surface area contributed by atoms with E-state index in [1.165, 1.54) is 72.2 Å². The van der Waals surface area contributed by atoms with E-state index in [4.69, 9.17) is 25.5 Å². The number of halogens is 3. The van der Waals surface area contributed by atoms with Gasteiger partial charge in [0.1, 0.15) is 16.1 Å². The third-order valence-electron chi connectivity index (χ3n) is 11.4. The molecule has 11 heteroatoms. The largest absolute Gasteiger partial charge is 0.0622 e. The van der Waals surface area contributed by atoms with E-state index in [0.29, 0.717) is 12.1 Å². The van der Waals surface area contributed by atoms with Crippen molar-refractivity contribution >= 4 is 115 Å². The molecule has 0 amide bonds. The predicted octanol–water partition coefficient (Wildman–Crippen LogP) is 16.7. The number of hydrogen-bond acceptors (Lipinski definition) is 2. The van der Waals surface area contributed by atoms with Crippen LogP contribution in [0.25, 0.3) is 0 Å². The van der Waals surface area contributed by atoms with Crippen molar-refractivity contribution in [3.05, 3.63) is 251 Å². The number of terminal acetylenes is 1. The van der Waals surface area contributed by atoms with E-state index in [2.05, 4.69) is 334 Å². The molecule has 2 aliphatic carbocycles. The van der Waals surface area contributed by atoms with E-state index in [1.54, 1.807) is 0 Å². The molecule has 2 unspecified atom stereocenters. The number of hydrogen-bond donors (Lipinski definition) is 2. The van der Waals surface area contributed by atoms with Gasteiger partial charge in [0, 0.05) is 33.3 Å². The first-order valence-electron chi connectivity index (χ1n) is 26.8. The maximum atomic E-state index is 5.12. The normalized spacial score (nSPS) is 12.8. The third kappa shape index (κ3) is 33.9. The van der Waals surface area contributed by atoms with Gasteiger partial charge in [-0.2, -0.15) is 0 Å². The van der Waals surface area contributed by atoms with Crippen LogP contribution in [0.4, 0.5) is 0 Å². The van der Waals surface area contributed by atoms with Crippen molar-refractivity contribution in [3.63, 3.8) is 0 Å². The fourth-order valence-corrected chi connectivity index (χ4v) is 10.9. The molecule has 416 valence electrons. The van der Waals surface area contributed by atoms with Gasteiger partial charge in [-0.25, -0.2) is 0 Å². The summed E-state index contributed by atoms with van der Waals surface area (Å²) in [6.07, 6.45) is 10.5. The van der Waals surface area contributed by atoms with Gasteiger partial charge in [0.2, 0.25) is 0 Å². The topological polar surface area (TPSA) is 24.1 Å². The van der Waals surface area contributed by atoms with Gasteiger partial charge in [0.25, 0.3) is 0 Å². The summed E-state index contributed by atoms with van der Waals surface area (Å²) in [5.41, 5.74) is 10.0. The van der Waals surface area contributed by atoms with Gasteiger partial charge in [-0.1, -0.05) is 277 Å². The zero-order valence-electron chi connectivity index (χ0n) is 47.1. The molecule has 2 atom stereocenters. The summed E-state index contributed by atoms with van der Waals surface area (Å²) in [5, 5.41) is 15.6. The van der Waals surface area contributed by atoms with Crippen LogP contribution in [0.3, 0.4) is 0 Å². The first-order chi connectivity index (χ1) is 38.0. The molecular formula is C68H80Cl2IN2P3PdSi2. The number of nitrogens with one attached hydrogen (secondary N) is 2. The minimum Gasteiger partial charge on any atom is -0.0622 e. The second-order valence-electron chi connectivity index (χ2n) is 21.0. The van der Waals surface area contributed by atoms with Gasteiger partial charge >= 0.3 is 35.0 Å². The van der Waals surface area contributed by atoms with E-state index in [-0.39, 0.29) is 15.9 Å². The minimum absolute atomic E-state index is 0.106. The molecule has 2 nitrogen and oxygen atoms in total. The van der Waals surface area contributed by atoms with Crippen LogP contribution in [0.5, 0.6) is 0 Å². The van der Waals surface area contributed by atoms with Crippen LogP contribution in [0.1, 0.15) is 68.3 Å². The second-order valence-corrected chi connectivity index (χ2v) is 38.4. The molecule has 2 fully saturated rings. The molecule has 79 heavy (non-hydrogen) atoms. The molecule has 8 aromatic carbocycles. The van der Waals surface area contributed by atoms with Crippen LogP contribution in [0, 0.1) is 27.0 Å². The molecule has 0 aromatic heterocycles. The summed E-state index contributed by atoms with van der Waals surface area (Å²) >= 11 is 2.23. The third-order valence-corrected chi connectivity index (χ3v) is 17.6. The molecule has 0 spiro atoms. The van der Waals surface area contributed by atoms with Gasteiger partial charge in [-0.15, -0.1) is 17.5 Å². The molecule has 0 bridgehead atoms. The predicted molar refractivity (Wildman–Crippen MR) is 370 cm³/mol. The zero-order valence-corrected chi connectivity index (χ0v) is 57.3. The van der Waals surface area contributed by atoms with Crippen molar-refractivity contribution in [2.45, 2.75) is 103 Å². The summed E-state index contributed by atoms with van der Waals surface area (Å²) < 4.78 is 1.31. The molecule has 2 saturated carbocycles.